The van der Waals surface area contributed by atoms with Crippen molar-refractivity contribution in [2.24, 2.45) is 0 Å². The third-order valence-corrected chi connectivity index (χ3v) is 2.62. The summed E-state index contributed by atoms with van der Waals surface area (Å²) in [5.41, 5.74) is 6.32. The number of carbonyl (C=O) groups is 1. The minimum absolute atomic E-state index is 0.117. The predicted molar refractivity (Wildman–Crippen MR) is 67.3 cm³/mol. The molecule has 0 fully saturated rings. The van der Waals surface area contributed by atoms with Crippen LogP contribution < -0.4 is 11.1 Å². The number of hydrogen-bond donors (Lipinski definition) is 3. The van der Waals surface area contributed by atoms with Crippen molar-refractivity contribution in [2.75, 3.05) is 11.1 Å². The first-order valence-electron chi connectivity index (χ1n) is 4.76. The highest BCUT2D eigenvalue weighted by molar-refractivity contribution is 9.10. The molecule has 0 bridgehead atoms. The Labute approximate surface area is 105 Å². The van der Waals surface area contributed by atoms with Gasteiger partial charge in [0.2, 0.25) is 0 Å². The van der Waals surface area contributed by atoms with E-state index in [1.54, 1.807) is 6.07 Å². The summed E-state index contributed by atoms with van der Waals surface area (Å²) >= 11 is 3.14. The van der Waals surface area contributed by atoms with E-state index in [0.29, 0.717) is 10.2 Å². The van der Waals surface area contributed by atoms with Crippen LogP contribution in [0.15, 0.2) is 34.9 Å². The number of hydrogen-bond acceptors (Lipinski definition) is 2. The lowest BCUT2D eigenvalue weighted by molar-refractivity contribution is 0.102. The van der Waals surface area contributed by atoms with Gasteiger partial charge >= 0.3 is 0 Å². The minimum atomic E-state index is -0.507. The second kappa shape index (κ2) is 4.58. The SMILES string of the molecule is Nc1c[nH]c(C(=O)Nc2ccc(Br)cc2F)c1. The molecule has 17 heavy (non-hydrogen) atoms. The fraction of sp³-hybridized carbons (Fsp3) is 0. The number of anilines is 2. The maximum atomic E-state index is 13.5. The number of amides is 1. The molecule has 1 heterocycles. The van der Waals surface area contributed by atoms with Gasteiger partial charge in [0.25, 0.3) is 5.91 Å². The standard InChI is InChI=1S/C11H9BrFN3O/c12-6-1-2-9(8(13)3-6)16-11(17)10-4-7(14)5-15-10/h1-5,15H,14H2,(H,16,17). The molecular weight excluding hydrogens is 289 g/mol. The molecule has 1 aromatic heterocycles. The van der Waals surface area contributed by atoms with Gasteiger partial charge in [-0.1, -0.05) is 15.9 Å². The lowest BCUT2D eigenvalue weighted by Gasteiger charge is -2.05. The van der Waals surface area contributed by atoms with E-state index in [1.807, 2.05) is 0 Å². The molecule has 0 atom stereocenters. The van der Waals surface area contributed by atoms with Crippen LogP contribution in [0.4, 0.5) is 15.8 Å². The van der Waals surface area contributed by atoms with E-state index in [4.69, 9.17) is 5.73 Å². The fourth-order valence-corrected chi connectivity index (χ4v) is 1.66. The number of halogens is 2. The molecule has 0 unspecified atom stereocenters. The summed E-state index contributed by atoms with van der Waals surface area (Å²) in [4.78, 5) is 14.4. The molecule has 0 aliphatic heterocycles. The van der Waals surface area contributed by atoms with Crippen molar-refractivity contribution < 1.29 is 9.18 Å². The number of H-pyrrole nitrogens is 1. The molecule has 4 nitrogen and oxygen atoms in total. The number of carbonyl (C=O) groups excluding carboxylic acids is 1. The summed E-state index contributed by atoms with van der Waals surface area (Å²) in [6.45, 7) is 0. The molecular formula is C11H9BrFN3O. The minimum Gasteiger partial charge on any atom is -0.397 e. The first-order chi connectivity index (χ1) is 8.06. The fourth-order valence-electron chi connectivity index (χ4n) is 1.32. The molecule has 4 N–H and O–H groups in total. The van der Waals surface area contributed by atoms with E-state index in [0.717, 1.165) is 0 Å². The summed E-state index contributed by atoms with van der Waals surface area (Å²) in [6.07, 6.45) is 1.49. The molecule has 0 aliphatic carbocycles. The highest BCUT2D eigenvalue weighted by Crippen LogP contribution is 2.20. The van der Waals surface area contributed by atoms with Crippen LogP contribution in [-0.2, 0) is 0 Å². The Morgan fingerprint density at radius 2 is 2.18 bits per heavy atom. The van der Waals surface area contributed by atoms with Crippen molar-refractivity contribution in [1.29, 1.82) is 0 Å². The number of rotatable bonds is 2. The average Bonchev–Trinajstić information content (AvgIpc) is 2.69. The molecule has 88 valence electrons. The molecule has 0 radical (unpaired) electrons. The molecule has 1 aromatic carbocycles. The Morgan fingerprint density at radius 3 is 2.76 bits per heavy atom. The molecule has 2 rings (SSSR count). The van der Waals surface area contributed by atoms with Crippen LogP contribution in [0.25, 0.3) is 0 Å². The van der Waals surface area contributed by atoms with Gasteiger partial charge in [0.05, 0.1) is 5.69 Å². The van der Waals surface area contributed by atoms with Gasteiger partial charge in [-0.05, 0) is 24.3 Å². The Kier molecular flexibility index (Phi) is 3.14. The van der Waals surface area contributed by atoms with Crippen molar-refractivity contribution in [1.82, 2.24) is 4.98 Å². The zero-order valence-corrected chi connectivity index (χ0v) is 10.2. The highest BCUT2D eigenvalue weighted by atomic mass is 79.9. The zero-order chi connectivity index (χ0) is 12.4. The van der Waals surface area contributed by atoms with Crippen molar-refractivity contribution in [3.63, 3.8) is 0 Å². The Hall–Kier alpha value is -1.82. The van der Waals surface area contributed by atoms with Crippen LogP contribution in [0.5, 0.6) is 0 Å². The summed E-state index contributed by atoms with van der Waals surface area (Å²) in [7, 11) is 0. The average molecular weight is 298 g/mol. The third kappa shape index (κ3) is 2.65. The Bertz CT molecular complexity index is 568. The maximum absolute atomic E-state index is 13.5. The van der Waals surface area contributed by atoms with Crippen LogP contribution in [0.1, 0.15) is 10.5 Å². The van der Waals surface area contributed by atoms with Gasteiger partial charge in [0.1, 0.15) is 11.5 Å². The first kappa shape index (κ1) is 11.7. The van der Waals surface area contributed by atoms with Crippen molar-refractivity contribution in [3.05, 3.63) is 46.4 Å². The van der Waals surface area contributed by atoms with Gasteiger partial charge in [0.15, 0.2) is 0 Å². The predicted octanol–water partition coefficient (Wildman–Crippen LogP) is 2.75. The van der Waals surface area contributed by atoms with Crippen molar-refractivity contribution >= 4 is 33.2 Å². The van der Waals surface area contributed by atoms with Gasteiger partial charge < -0.3 is 16.0 Å². The number of nitrogens with one attached hydrogen (secondary N) is 2. The summed E-state index contributed by atoms with van der Waals surface area (Å²) in [5.74, 6) is -0.949. The molecule has 6 heteroatoms. The Balaban J connectivity index is 2.18. The monoisotopic (exact) mass is 297 g/mol. The molecule has 0 saturated carbocycles. The smallest absolute Gasteiger partial charge is 0.272 e. The van der Waals surface area contributed by atoms with Gasteiger partial charge in [-0.2, -0.15) is 0 Å². The van der Waals surface area contributed by atoms with Crippen LogP contribution in [0, 0.1) is 5.82 Å². The van der Waals surface area contributed by atoms with E-state index in [9.17, 15) is 9.18 Å². The number of aromatic nitrogens is 1. The van der Waals surface area contributed by atoms with Gasteiger partial charge in [-0.15, -0.1) is 0 Å². The Morgan fingerprint density at radius 1 is 1.41 bits per heavy atom. The molecule has 1 amide bonds. The summed E-state index contributed by atoms with van der Waals surface area (Å²) < 4.78 is 14.1. The highest BCUT2D eigenvalue weighted by Gasteiger charge is 2.10. The molecule has 0 saturated heterocycles. The third-order valence-electron chi connectivity index (χ3n) is 2.13. The normalized spacial score (nSPS) is 10.2. The number of nitrogen functional groups attached to an aromatic ring is 1. The quantitative estimate of drug-likeness (QED) is 0.797. The van der Waals surface area contributed by atoms with Gasteiger partial charge in [-0.25, -0.2) is 4.39 Å². The molecule has 0 spiro atoms. The van der Waals surface area contributed by atoms with E-state index in [-0.39, 0.29) is 11.4 Å². The van der Waals surface area contributed by atoms with E-state index in [2.05, 4.69) is 26.2 Å². The summed E-state index contributed by atoms with van der Waals surface area (Å²) in [6, 6.07) is 5.87. The van der Waals surface area contributed by atoms with E-state index < -0.39 is 11.7 Å². The van der Waals surface area contributed by atoms with Gasteiger partial charge in [-0.3, -0.25) is 4.79 Å². The number of aromatic amines is 1. The van der Waals surface area contributed by atoms with Gasteiger partial charge in [0, 0.05) is 16.4 Å². The molecule has 0 aliphatic rings. The zero-order valence-electron chi connectivity index (χ0n) is 8.63. The molecule has 2 aromatic rings. The number of benzene rings is 1. The van der Waals surface area contributed by atoms with Crippen LogP contribution in [-0.4, -0.2) is 10.9 Å². The largest absolute Gasteiger partial charge is 0.397 e. The topological polar surface area (TPSA) is 70.9 Å². The van der Waals surface area contributed by atoms with Crippen LogP contribution in [0.3, 0.4) is 0 Å². The second-order valence-corrected chi connectivity index (χ2v) is 4.34. The first-order valence-corrected chi connectivity index (χ1v) is 5.56. The van der Waals surface area contributed by atoms with Crippen LogP contribution >= 0.6 is 15.9 Å². The number of nitrogens with two attached hydrogens (primary N) is 1. The van der Waals surface area contributed by atoms with Crippen LogP contribution in [0.2, 0.25) is 0 Å². The lowest BCUT2D eigenvalue weighted by Crippen LogP contribution is -2.13. The summed E-state index contributed by atoms with van der Waals surface area (Å²) in [5, 5.41) is 2.45. The van der Waals surface area contributed by atoms with Crippen molar-refractivity contribution in [3.8, 4) is 0 Å². The second-order valence-electron chi connectivity index (χ2n) is 3.42. The van der Waals surface area contributed by atoms with E-state index >= 15 is 0 Å². The lowest BCUT2D eigenvalue weighted by atomic mass is 10.3. The van der Waals surface area contributed by atoms with E-state index in [1.165, 1.54) is 24.4 Å². The maximum Gasteiger partial charge on any atom is 0.272 e. The van der Waals surface area contributed by atoms with Crippen molar-refractivity contribution in [2.45, 2.75) is 0 Å².